The first kappa shape index (κ1) is 20.4. The first-order valence-corrected chi connectivity index (χ1v) is 8.12. The van der Waals surface area contributed by atoms with Gasteiger partial charge in [-0.2, -0.15) is 0 Å². The summed E-state index contributed by atoms with van der Waals surface area (Å²) in [6, 6.07) is 9.94. The number of esters is 1. The summed E-state index contributed by atoms with van der Waals surface area (Å²) in [7, 11) is 0. The van der Waals surface area contributed by atoms with E-state index in [9.17, 15) is 15.0 Å². The molecule has 24 heavy (non-hydrogen) atoms. The van der Waals surface area contributed by atoms with E-state index >= 15 is 0 Å². The molecular formula is C19H28O5. The van der Waals surface area contributed by atoms with Crippen LogP contribution in [0.3, 0.4) is 0 Å². The molecule has 5 nitrogen and oxygen atoms in total. The fourth-order valence-electron chi connectivity index (χ4n) is 2.07. The molecule has 0 bridgehead atoms. The van der Waals surface area contributed by atoms with Gasteiger partial charge in [0.1, 0.15) is 12.2 Å². The Labute approximate surface area is 143 Å². The molecule has 0 aliphatic rings. The number of allylic oxidation sites excluding steroid dienone is 1. The minimum Gasteiger partial charge on any atom is -0.463 e. The highest BCUT2D eigenvalue weighted by molar-refractivity contribution is 5.65. The molecule has 0 fully saturated rings. The molecule has 2 atom stereocenters. The number of benzene rings is 1. The van der Waals surface area contributed by atoms with E-state index in [-0.39, 0.29) is 6.61 Å². The summed E-state index contributed by atoms with van der Waals surface area (Å²) in [5, 5.41) is 20.2. The van der Waals surface area contributed by atoms with E-state index < -0.39 is 17.7 Å². The largest absolute Gasteiger partial charge is 0.463 e. The Kier molecular flexibility index (Phi) is 8.68. The van der Waals surface area contributed by atoms with Gasteiger partial charge in [-0.3, -0.25) is 4.79 Å². The molecule has 0 aliphatic heterocycles. The van der Waals surface area contributed by atoms with Crippen LogP contribution in [0.5, 0.6) is 0 Å². The van der Waals surface area contributed by atoms with Gasteiger partial charge in [0.2, 0.25) is 0 Å². The fourth-order valence-corrected chi connectivity index (χ4v) is 2.07. The molecule has 0 spiro atoms. The Hall–Kier alpha value is -1.69. The quantitative estimate of drug-likeness (QED) is 0.390. The second-order valence-electron chi connectivity index (χ2n) is 6.24. The molecule has 134 valence electrons. The standard InChI is InChI=1S/C19H28O5/c1-15(11-12-23-13-17-7-5-4-6-8-17)9-10-18(21)19(3,22)14-24-16(2)20/h4-8,11,18,21-22H,9-10,12-14H2,1-3H3/b15-11+/t18-,19+/m1/s1. The van der Waals surface area contributed by atoms with Gasteiger partial charge in [0.25, 0.3) is 0 Å². The lowest BCUT2D eigenvalue weighted by atomic mass is 9.94. The van der Waals surface area contributed by atoms with E-state index in [1.165, 1.54) is 13.8 Å². The maximum absolute atomic E-state index is 10.8. The molecule has 5 heteroatoms. The molecule has 0 aromatic heterocycles. The van der Waals surface area contributed by atoms with Crippen molar-refractivity contribution >= 4 is 5.97 Å². The van der Waals surface area contributed by atoms with Crippen LogP contribution in [-0.2, 0) is 20.9 Å². The maximum atomic E-state index is 10.8. The second-order valence-corrected chi connectivity index (χ2v) is 6.24. The molecule has 0 saturated carbocycles. The van der Waals surface area contributed by atoms with Gasteiger partial charge in [-0.1, -0.05) is 42.0 Å². The van der Waals surface area contributed by atoms with Crippen molar-refractivity contribution in [1.82, 2.24) is 0 Å². The van der Waals surface area contributed by atoms with Gasteiger partial charge in [0, 0.05) is 6.92 Å². The number of aliphatic hydroxyl groups is 2. The van der Waals surface area contributed by atoms with Crippen molar-refractivity contribution < 1.29 is 24.5 Å². The highest BCUT2D eigenvalue weighted by Gasteiger charge is 2.31. The van der Waals surface area contributed by atoms with E-state index in [0.29, 0.717) is 26.1 Å². The average Bonchev–Trinajstić information content (AvgIpc) is 2.55. The normalized spacial score (nSPS) is 15.6. The van der Waals surface area contributed by atoms with Crippen molar-refractivity contribution in [3.8, 4) is 0 Å². The smallest absolute Gasteiger partial charge is 0.302 e. The van der Waals surface area contributed by atoms with E-state index in [2.05, 4.69) is 0 Å². The Morgan fingerprint density at radius 2 is 1.96 bits per heavy atom. The van der Waals surface area contributed by atoms with Crippen LogP contribution in [0.1, 0.15) is 39.2 Å². The van der Waals surface area contributed by atoms with E-state index in [1.54, 1.807) is 0 Å². The summed E-state index contributed by atoms with van der Waals surface area (Å²) in [6.07, 6.45) is 2.02. The summed E-state index contributed by atoms with van der Waals surface area (Å²) in [6.45, 7) is 5.53. The van der Waals surface area contributed by atoms with Crippen LogP contribution in [0, 0.1) is 0 Å². The molecule has 0 aliphatic carbocycles. The lowest BCUT2D eigenvalue weighted by Crippen LogP contribution is -2.44. The summed E-state index contributed by atoms with van der Waals surface area (Å²) >= 11 is 0. The highest BCUT2D eigenvalue weighted by Crippen LogP contribution is 2.18. The van der Waals surface area contributed by atoms with Gasteiger partial charge >= 0.3 is 5.97 Å². The Morgan fingerprint density at radius 3 is 2.58 bits per heavy atom. The van der Waals surface area contributed by atoms with Crippen LogP contribution in [-0.4, -0.2) is 41.1 Å². The van der Waals surface area contributed by atoms with Crippen LogP contribution < -0.4 is 0 Å². The zero-order valence-corrected chi connectivity index (χ0v) is 14.7. The maximum Gasteiger partial charge on any atom is 0.302 e. The summed E-state index contributed by atoms with van der Waals surface area (Å²) in [5.74, 6) is -0.478. The van der Waals surface area contributed by atoms with E-state index in [0.717, 1.165) is 11.1 Å². The molecule has 2 N–H and O–H groups in total. The fraction of sp³-hybridized carbons (Fsp3) is 0.526. The number of hydrogen-bond donors (Lipinski definition) is 2. The number of rotatable bonds is 10. The number of carbonyl (C=O) groups is 1. The van der Waals surface area contributed by atoms with Crippen LogP contribution in [0.15, 0.2) is 42.0 Å². The minimum atomic E-state index is -1.45. The lowest BCUT2D eigenvalue weighted by molar-refractivity contribution is -0.156. The molecule has 0 radical (unpaired) electrons. The van der Waals surface area contributed by atoms with Crippen LogP contribution in [0.2, 0.25) is 0 Å². The van der Waals surface area contributed by atoms with Gasteiger partial charge in [-0.25, -0.2) is 0 Å². The zero-order chi connectivity index (χ0) is 18.0. The zero-order valence-electron chi connectivity index (χ0n) is 14.7. The summed E-state index contributed by atoms with van der Waals surface area (Å²) < 4.78 is 10.4. The SMILES string of the molecule is CC(=O)OC[C@](C)(O)[C@H](O)CC/C(C)=C/COCc1ccccc1. The first-order valence-electron chi connectivity index (χ1n) is 8.12. The van der Waals surface area contributed by atoms with Gasteiger partial charge in [-0.15, -0.1) is 0 Å². The van der Waals surface area contributed by atoms with Gasteiger partial charge in [-0.05, 0) is 32.3 Å². The van der Waals surface area contributed by atoms with Crippen molar-refractivity contribution in [3.05, 3.63) is 47.5 Å². The third-order valence-electron chi connectivity index (χ3n) is 3.76. The average molecular weight is 336 g/mol. The van der Waals surface area contributed by atoms with E-state index in [4.69, 9.17) is 9.47 Å². The molecule has 1 aromatic carbocycles. The van der Waals surface area contributed by atoms with Crippen molar-refractivity contribution in [2.24, 2.45) is 0 Å². The van der Waals surface area contributed by atoms with Crippen LogP contribution in [0.4, 0.5) is 0 Å². The summed E-state index contributed by atoms with van der Waals surface area (Å²) in [5.41, 5.74) is 0.751. The number of carbonyl (C=O) groups excluding carboxylic acids is 1. The van der Waals surface area contributed by atoms with Gasteiger partial charge in [0.05, 0.1) is 19.3 Å². The van der Waals surface area contributed by atoms with Crippen LogP contribution >= 0.6 is 0 Å². The molecule has 1 rings (SSSR count). The second kappa shape index (κ2) is 10.2. The Morgan fingerprint density at radius 1 is 1.29 bits per heavy atom. The Balaban J connectivity index is 2.28. The number of hydrogen-bond acceptors (Lipinski definition) is 5. The molecule has 0 heterocycles. The topological polar surface area (TPSA) is 76.0 Å². The molecular weight excluding hydrogens is 308 g/mol. The third-order valence-corrected chi connectivity index (χ3v) is 3.76. The predicted octanol–water partition coefficient (Wildman–Crippen LogP) is 2.60. The van der Waals surface area contributed by atoms with Crippen molar-refractivity contribution in [2.45, 2.75) is 51.9 Å². The van der Waals surface area contributed by atoms with Crippen molar-refractivity contribution in [3.63, 3.8) is 0 Å². The molecule has 0 unspecified atom stereocenters. The lowest BCUT2D eigenvalue weighted by Gasteiger charge is -2.28. The third kappa shape index (κ3) is 8.24. The molecule has 1 aromatic rings. The van der Waals surface area contributed by atoms with Gasteiger partial charge < -0.3 is 19.7 Å². The van der Waals surface area contributed by atoms with Crippen molar-refractivity contribution in [1.29, 1.82) is 0 Å². The van der Waals surface area contributed by atoms with Crippen LogP contribution in [0.25, 0.3) is 0 Å². The minimum absolute atomic E-state index is 0.216. The highest BCUT2D eigenvalue weighted by atomic mass is 16.5. The van der Waals surface area contributed by atoms with E-state index in [1.807, 2.05) is 43.3 Å². The summed E-state index contributed by atoms with van der Waals surface area (Å²) in [4.78, 5) is 10.8. The monoisotopic (exact) mass is 336 g/mol. The van der Waals surface area contributed by atoms with Gasteiger partial charge in [0.15, 0.2) is 0 Å². The molecule has 0 saturated heterocycles. The predicted molar refractivity (Wildman–Crippen MR) is 92.4 cm³/mol. The Bertz CT molecular complexity index is 522. The van der Waals surface area contributed by atoms with Crippen molar-refractivity contribution in [2.75, 3.05) is 13.2 Å². The molecule has 0 amide bonds. The number of aliphatic hydroxyl groups excluding tert-OH is 1. The first-order chi connectivity index (χ1) is 11.3. The number of ether oxygens (including phenoxy) is 2.